The molecule has 0 aromatic carbocycles. The summed E-state index contributed by atoms with van der Waals surface area (Å²) in [5.41, 5.74) is 0.269. The van der Waals surface area contributed by atoms with Crippen molar-refractivity contribution in [3.05, 3.63) is 18.1 Å². The molecule has 0 radical (unpaired) electrons. The van der Waals surface area contributed by atoms with Crippen molar-refractivity contribution in [1.29, 1.82) is 0 Å². The van der Waals surface area contributed by atoms with E-state index >= 15 is 0 Å². The Kier molecular flexibility index (Phi) is 4.35. The van der Waals surface area contributed by atoms with Crippen molar-refractivity contribution in [2.45, 2.75) is 39.2 Å². The summed E-state index contributed by atoms with van der Waals surface area (Å²) in [7, 11) is 1.35. The van der Waals surface area contributed by atoms with Crippen LogP contribution in [0.2, 0.25) is 0 Å². The van der Waals surface area contributed by atoms with Crippen LogP contribution in [0.5, 0.6) is 0 Å². The number of carbonyl (C=O) groups excluding carboxylic acids is 1. The molecular weight excluding hydrogens is 242 g/mol. The molecule has 0 aliphatic carbocycles. The molecule has 0 amide bonds. The highest BCUT2D eigenvalue weighted by Crippen LogP contribution is 2.27. The van der Waals surface area contributed by atoms with Gasteiger partial charge >= 0.3 is 5.97 Å². The molecule has 2 rings (SSSR count). The quantitative estimate of drug-likeness (QED) is 0.783. The van der Waals surface area contributed by atoms with Crippen LogP contribution in [0.25, 0.3) is 0 Å². The largest absolute Gasteiger partial charge is 0.464 e. The van der Waals surface area contributed by atoms with Gasteiger partial charge in [-0.3, -0.25) is 4.98 Å². The van der Waals surface area contributed by atoms with E-state index in [1.54, 1.807) is 6.20 Å². The number of ether oxygens (including phenoxy) is 1. The number of nitrogens with zero attached hydrogens (tertiary/aromatic N) is 3. The van der Waals surface area contributed by atoms with Crippen molar-refractivity contribution in [2.75, 3.05) is 18.6 Å². The van der Waals surface area contributed by atoms with Gasteiger partial charge in [-0.25, -0.2) is 9.78 Å². The predicted molar refractivity (Wildman–Crippen MR) is 73.2 cm³/mol. The van der Waals surface area contributed by atoms with Crippen LogP contribution < -0.4 is 4.90 Å². The lowest BCUT2D eigenvalue weighted by atomic mass is 9.91. The van der Waals surface area contributed by atoms with Crippen LogP contribution in [-0.2, 0) is 4.74 Å². The van der Waals surface area contributed by atoms with Crippen LogP contribution in [0.15, 0.2) is 12.4 Å². The minimum atomic E-state index is -0.439. The highest BCUT2D eigenvalue weighted by atomic mass is 16.5. The summed E-state index contributed by atoms with van der Waals surface area (Å²) in [5, 5.41) is 0. The van der Waals surface area contributed by atoms with Gasteiger partial charge in [-0.05, 0) is 25.7 Å². The van der Waals surface area contributed by atoms with E-state index in [0.717, 1.165) is 18.8 Å². The molecule has 0 bridgehead atoms. The van der Waals surface area contributed by atoms with Crippen LogP contribution in [0.3, 0.4) is 0 Å². The minimum Gasteiger partial charge on any atom is -0.464 e. The van der Waals surface area contributed by atoms with E-state index in [0.29, 0.717) is 12.0 Å². The van der Waals surface area contributed by atoms with E-state index in [1.807, 2.05) is 0 Å². The number of carbonyl (C=O) groups is 1. The number of anilines is 1. The molecule has 0 spiro atoms. The molecule has 5 nitrogen and oxygen atoms in total. The van der Waals surface area contributed by atoms with Crippen LogP contribution in [0.4, 0.5) is 5.82 Å². The fourth-order valence-corrected chi connectivity index (χ4v) is 2.53. The smallest absolute Gasteiger partial charge is 0.358 e. The van der Waals surface area contributed by atoms with Crippen molar-refractivity contribution in [1.82, 2.24) is 9.97 Å². The Morgan fingerprint density at radius 3 is 2.95 bits per heavy atom. The number of hydrogen-bond acceptors (Lipinski definition) is 5. The molecule has 0 N–H and O–H groups in total. The van der Waals surface area contributed by atoms with Crippen molar-refractivity contribution in [3.63, 3.8) is 0 Å². The predicted octanol–water partition coefficient (Wildman–Crippen LogP) is 2.28. The van der Waals surface area contributed by atoms with Gasteiger partial charge in [0.25, 0.3) is 0 Å². The van der Waals surface area contributed by atoms with E-state index in [9.17, 15) is 4.79 Å². The van der Waals surface area contributed by atoms with Crippen molar-refractivity contribution in [3.8, 4) is 0 Å². The summed E-state index contributed by atoms with van der Waals surface area (Å²) in [6.45, 7) is 5.39. The lowest BCUT2D eigenvalue weighted by molar-refractivity contribution is 0.0593. The van der Waals surface area contributed by atoms with Crippen LogP contribution >= 0.6 is 0 Å². The first kappa shape index (κ1) is 13.8. The lowest BCUT2D eigenvalue weighted by Crippen LogP contribution is -2.42. The Hall–Kier alpha value is -1.65. The van der Waals surface area contributed by atoms with Gasteiger partial charge in [0.15, 0.2) is 5.69 Å². The third-order valence-corrected chi connectivity index (χ3v) is 3.87. The fraction of sp³-hybridized carbons (Fsp3) is 0.643. The van der Waals surface area contributed by atoms with E-state index in [4.69, 9.17) is 0 Å². The second kappa shape index (κ2) is 5.99. The molecule has 1 aliphatic heterocycles. The summed E-state index contributed by atoms with van der Waals surface area (Å²) in [4.78, 5) is 22.2. The first-order valence-electron chi connectivity index (χ1n) is 6.82. The van der Waals surface area contributed by atoms with Gasteiger partial charge in [0.05, 0.1) is 19.5 Å². The molecule has 1 aromatic heterocycles. The number of piperidine rings is 1. The highest BCUT2D eigenvalue weighted by molar-refractivity contribution is 5.87. The number of rotatable bonds is 3. The van der Waals surface area contributed by atoms with Gasteiger partial charge in [-0.2, -0.15) is 0 Å². The van der Waals surface area contributed by atoms with Gasteiger partial charge in [0.1, 0.15) is 5.82 Å². The molecule has 2 heterocycles. The molecule has 2 unspecified atom stereocenters. The van der Waals surface area contributed by atoms with Gasteiger partial charge < -0.3 is 9.64 Å². The Balaban J connectivity index is 2.22. The van der Waals surface area contributed by atoms with E-state index in [1.165, 1.54) is 26.1 Å². The highest BCUT2D eigenvalue weighted by Gasteiger charge is 2.26. The van der Waals surface area contributed by atoms with Gasteiger partial charge in [0.2, 0.25) is 0 Å². The Morgan fingerprint density at radius 2 is 2.26 bits per heavy atom. The normalized spacial score (nSPS) is 23.2. The van der Waals surface area contributed by atoms with Gasteiger partial charge in [0, 0.05) is 12.6 Å². The average molecular weight is 263 g/mol. The molecule has 1 saturated heterocycles. The zero-order valence-corrected chi connectivity index (χ0v) is 11.8. The zero-order chi connectivity index (χ0) is 13.8. The first-order valence-corrected chi connectivity index (χ1v) is 6.82. The van der Waals surface area contributed by atoms with Crippen LogP contribution in [0.1, 0.15) is 43.6 Å². The van der Waals surface area contributed by atoms with Gasteiger partial charge in [-0.1, -0.05) is 13.3 Å². The summed E-state index contributed by atoms with van der Waals surface area (Å²) in [6.07, 6.45) is 6.76. The Labute approximate surface area is 114 Å². The fourth-order valence-electron chi connectivity index (χ4n) is 2.53. The molecule has 1 aromatic rings. The second-order valence-corrected chi connectivity index (χ2v) is 5.11. The standard InChI is InChI=1S/C14H21N3O2/c1-4-11-6-5-10(2)17(9-11)13-8-15-7-12(16-13)14(18)19-3/h7-8,10-11H,4-6,9H2,1-3H3. The maximum absolute atomic E-state index is 11.5. The monoisotopic (exact) mass is 263 g/mol. The van der Waals surface area contributed by atoms with E-state index in [2.05, 4.69) is 33.5 Å². The average Bonchev–Trinajstić information content (AvgIpc) is 2.47. The zero-order valence-electron chi connectivity index (χ0n) is 11.8. The maximum Gasteiger partial charge on any atom is 0.358 e. The Morgan fingerprint density at radius 1 is 1.47 bits per heavy atom. The molecule has 19 heavy (non-hydrogen) atoms. The number of hydrogen-bond donors (Lipinski definition) is 0. The van der Waals surface area contributed by atoms with Crippen molar-refractivity contribution < 1.29 is 9.53 Å². The van der Waals surface area contributed by atoms with Crippen molar-refractivity contribution in [2.24, 2.45) is 5.92 Å². The molecule has 0 saturated carbocycles. The molecule has 1 fully saturated rings. The molecule has 1 aliphatic rings. The summed E-state index contributed by atoms with van der Waals surface area (Å²) < 4.78 is 4.69. The number of esters is 1. The second-order valence-electron chi connectivity index (χ2n) is 5.11. The maximum atomic E-state index is 11.5. The lowest BCUT2D eigenvalue weighted by Gasteiger charge is -2.38. The molecule has 2 atom stereocenters. The molecule has 5 heteroatoms. The Bertz CT molecular complexity index is 450. The molecule has 104 valence electrons. The van der Waals surface area contributed by atoms with Gasteiger partial charge in [-0.15, -0.1) is 0 Å². The topological polar surface area (TPSA) is 55.3 Å². The summed E-state index contributed by atoms with van der Waals surface area (Å²) in [5.74, 6) is 1.03. The third kappa shape index (κ3) is 3.03. The van der Waals surface area contributed by atoms with E-state index < -0.39 is 5.97 Å². The van der Waals surface area contributed by atoms with Crippen molar-refractivity contribution >= 4 is 11.8 Å². The number of methoxy groups -OCH3 is 1. The van der Waals surface area contributed by atoms with Crippen LogP contribution in [-0.4, -0.2) is 35.6 Å². The summed E-state index contributed by atoms with van der Waals surface area (Å²) >= 11 is 0. The summed E-state index contributed by atoms with van der Waals surface area (Å²) in [6, 6.07) is 0.435. The third-order valence-electron chi connectivity index (χ3n) is 3.87. The number of aromatic nitrogens is 2. The first-order chi connectivity index (χ1) is 9.15. The van der Waals surface area contributed by atoms with Crippen LogP contribution in [0, 0.1) is 5.92 Å². The SMILES string of the molecule is CCC1CCC(C)N(c2cncc(C(=O)OC)n2)C1. The molecular formula is C14H21N3O2. The van der Waals surface area contributed by atoms with E-state index in [-0.39, 0.29) is 5.69 Å². The minimum absolute atomic E-state index is 0.269.